The zero-order chi connectivity index (χ0) is 13.9. The van der Waals surface area contributed by atoms with Crippen LogP contribution in [0.1, 0.15) is 23.3 Å². The third-order valence-corrected chi connectivity index (χ3v) is 5.73. The Labute approximate surface area is 115 Å². The van der Waals surface area contributed by atoms with E-state index in [0.29, 0.717) is 6.54 Å². The first-order valence-electron chi connectivity index (χ1n) is 5.89. The van der Waals surface area contributed by atoms with Crippen LogP contribution >= 0.6 is 11.3 Å². The Kier molecular flexibility index (Phi) is 4.50. The van der Waals surface area contributed by atoms with Gasteiger partial charge in [-0.1, -0.05) is 0 Å². The van der Waals surface area contributed by atoms with Gasteiger partial charge in [0.05, 0.1) is 5.51 Å². The van der Waals surface area contributed by atoms with Crippen molar-refractivity contribution in [3.63, 3.8) is 0 Å². The molecule has 1 aromatic heterocycles. The van der Waals surface area contributed by atoms with Gasteiger partial charge in [-0.15, -0.1) is 11.3 Å². The van der Waals surface area contributed by atoms with Gasteiger partial charge in [0.1, 0.15) is 0 Å². The minimum Gasteiger partial charge on any atom is -0.476 e. The van der Waals surface area contributed by atoms with Gasteiger partial charge in [-0.2, -0.15) is 0 Å². The molecule has 1 aromatic rings. The predicted molar refractivity (Wildman–Crippen MR) is 69.9 cm³/mol. The first-order chi connectivity index (χ1) is 9.00. The van der Waals surface area contributed by atoms with Crippen molar-refractivity contribution < 1.29 is 18.3 Å². The number of sulfonamides is 1. The number of carboxylic acids is 1. The lowest BCUT2D eigenvalue weighted by atomic mass is 10.4. The fourth-order valence-electron chi connectivity index (χ4n) is 1.98. The summed E-state index contributed by atoms with van der Waals surface area (Å²) in [6.07, 6.45) is 2.29. The van der Waals surface area contributed by atoms with Gasteiger partial charge in [0.15, 0.2) is 9.90 Å². The summed E-state index contributed by atoms with van der Waals surface area (Å²) in [5, 5.41) is 8.86. The summed E-state index contributed by atoms with van der Waals surface area (Å²) in [6, 6.07) is 0. The molecule has 0 radical (unpaired) electrons. The second-order valence-electron chi connectivity index (χ2n) is 4.24. The van der Waals surface area contributed by atoms with E-state index in [1.807, 2.05) is 0 Å². The highest BCUT2D eigenvalue weighted by Gasteiger charge is 2.25. The lowest BCUT2D eigenvalue weighted by Crippen LogP contribution is -2.33. The number of hydrogen-bond donors (Lipinski definition) is 2. The van der Waals surface area contributed by atoms with Crippen LogP contribution in [0.2, 0.25) is 0 Å². The fourth-order valence-corrected chi connectivity index (χ4v) is 4.18. The van der Waals surface area contributed by atoms with Crippen LogP contribution in [0.3, 0.4) is 0 Å². The average molecular weight is 305 g/mol. The minimum atomic E-state index is -3.79. The zero-order valence-corrected chi connectivity index (χ0v) is 11.8. The monoisotopic (exact) mass is 305 g/mol. The largest absolute Gasteiger partial charge is 0.476 e. The third kappa shape index (κ3) is 3.50. The van der Waals surface area contributed by atoms with Gasteiger partial charge in [-0.25, -0.2) is 22.9 Å². The summed E-state index contributed by atoms with van der Waals surface area (Å²) < 4.78 is 26.1. The molecule has 1 aliphatic rings. The van der Waals surface area contributed by atoms with E-state index < -0.39 is 21.7 Å². The van der Waals surface area contributed by atoms with Gasteiger partial charge in [0, 0.05) is 13.1 Å². The first-order valence-corrected chi connectivity index (χ1v) is 8.26. The SMILES string of the molecule is O=C(O)c1ncsc1S(=O)(=O)NCCN1CCCC1. The van der Waals surface area contributed by atoms with Crippen molar-refractivity contribution in [2.24, 2.45) is 0 Å². The van der Waals surface area contributed by atoms with E-state index in [1.165, 1.54) is 5.51 Å². The molecule has 0 aliphatic carbocycles. The molecule has 2 rings (SSSR count). The Morgan fingerprint density at radius 1 is 1.47 bits per heavy atom. The minimum absolute atomic E-state index is 0.235. The van der Waals surface area contributed by atoms with E-state index in [1.54, 1.807) is 0 Å². The van der Waals surface area contributed by atoms with Crippen LogP contribution in [0.4, 0.5) is 0 Å². The maximum absolute atomic E-state index is 12.0. The third-order valence-electron chi connectivity index (χ3n) is 2.90. The van der Waals surface area contributed by atoms with E-state index in [-0.39, 0.29) is 10.8 Å². The van der Waals surface area contributed by atoms with E-state index in [4.69, 9.17) is 5.11 Å². The van der Waals surface area contributed by atoms with Gasteiger partial charge < -0.3 is 10.0 Å². The number of likely N-dealkylation sites (tertiary alicyclic amines) is 1. The Balaban J connectivity index is 1.97. The molecule has 0 atom stereocenters. The molecular formula is C10H15N3O4S2. The van der Waals surface area contributed by atoms with Crippen molar-refractivity contribution in [2.75, 3.05) is 26.2 Å². The highest BCUT2D eigenvalue weighted by atomic mass is 32.2. The summed E-state index contributed by atoms with van der Waals surface area (Å²) >= 11 is 0.811. The fraction of sp³-hybridized carbons (Fsp3) is 0.600. The number of carbonyl (C=O) groups is 1. The van der Waals surface area contributed by atoms with Gasteiger partial charge in [-0.3, -0.25) is 0 Å². The Morgan fingerprint density at radius 3 is 2.79 bits per heavy atom. The van der Waals surface area contributed by atoms with Crippen molar-refractivity contribution in [1.82, 2.24) is 14.6 Å². The normalized spacial score (nSPS) is 16.8. The molecule has 0 spiro atoms. The first kappa shape index (κ1) is 14.4. The van der Waals surface area contributed by atoms with Gasteiger partial charge in [0.25, 0.3) is 10.0 Å². The second-order valence-corrected chi connectivity index (χ2v) is 7.06. The molecule has 7 nitrogen and oxygen atoms in total. The lowest BCUT2D eigenvalue weighted by molar-refractivity contribution is 0.0687. The van der Waals surface area contributed by atoms with Crippen LogP contribution in [0.25, 0.3) is 0 Å². The number of carboxylic acid groups (broad SMARTS) is 1. The maximum Gasteiger partial charge on any atom is 0.356 e. The predicted octanol–water partition coefficient (Wildman–Crippen LogP) is 0.215. The van der Waals surface area contributed by atoms with Gasteiger partial charge >= 0.3 is 5.97 Å². The van der Waals surface area contributed by atoms with E-state index in [0.717, 1.165) is 37.3 Å². The van der Waals surface area contributed by atoms with Crippen LogP contribution in [0, 0.1) is 0 Å². The number of thiazole rings is 1. The van der Waals surface area contributed by atoms with E-state index >= 15 is 0 Å². The topological polar surface area (TPSA) is 99.6 Å². The molecule has 1 aliphatic heterocycles. The number of aromatic carboxylic acids is 1. The highest BCUT2D eigenvalue weighted by molar-refractivity contribution is 7.91. The van der Waals surface area contributed by atoms with Crippen LogP contribution in [-0.4, -0.2) is 55.6 Å². The second kappa shape index (κ2) is 5.95. The molecule has 2 heterocycles. The molecular weight excluding hydrogens is 290 g/mol. The summed E-state index contributed by atoms with van der Waals surface area (Å²) in [4.78, 5) is 16.6. The van der Waals surface area contributed by atoms with E-state index in [9.17, 15) is 13.2 Å². The van der Waals surface area contributed by atoms with Gasteiger partial charge in [-0.05, 0) is 25.9 Å². The van der Waals surface area contributed by atoms with Crippen LogP contribution in [0.5, 0.6) is 0 Å². The Hall–Kier alpha value is -1.03. The quantitative estimate of drug-likeness (QED) is 0.779. The Bertz CT molecular complexity index is 549. The molecule has 0 saturated carbocycles. The average Bonchev–Trinajstić information content (AvgIpc) is 2.99. The van der Waals surface area contributed by atoms with Crippen molar-refractivity contribution in [2.45, 2.75) is 17.1 Å². The smallest absolute Gasteiger partial charge is 0.356 e. The molecule has 19 heavy (non-hydrogen) atoms. The zero-order valence-electron chi connectivity index (χ0n) is 10.2. The lowest BCUT2D eigenvalue weighted by Gasteiger charge is -2.14. The molecule has 1 saturated heterocycles. The molecule has 106 valence electrons. The molecule has 0 amide bonds. The Morgan fingerprint density at radius 2 is 2.16 bits per heavy atom. The number of aromatic nitrogens is 1. The summed E-state index contributed by atoms with van der Waals surface area (Å²) in [5.74, 6) is -1.33. The highest BCUT2D eigenvalue weighted by Crippen LogP contribution is 2.19. The van der Waals surface area contributed by atoms with Crippen LogP contribution in [-0.2, 0) is 10.0 Å². The number of rotatable bonds is 6. The summed E-state index contributed by atoms with van der Waals surface area (Å²) in [6.45, 7) is 2.89. The van der Waals surface area contributed by atoms with Gasteiger partial charge in [0.2, 0.25) is 0 Å². The van der Waals surface area contributed by atoms with Crippen molar-refractivity contribution in [1.29, 1.82) is 0 Å². The van der Waals surface area contributed by atoms with Crippen LogP contribution in [0.15, 0.2) is 9.72 Å². The number of nitrogens with zero attached hydrogens (tertiary/aromatic N) is 2. The number of nitrogens with one attached hydrogen (secondary N) is 1. The molecule has 1 fully saturated rings. The number of hydrogen-bond acceptors (Lipinski definition) is 6. The molecule has 2 N–H and O–H groups in total. The molecule has 0 aromatic carbocycles. The van der Waals surface area contributed by atoms with E-state index in [2.05, 4.69) is 14.6 Å². The summed E-state index contributed by atoms with van der Waals surface area (Å²) in [5.41, 5.74) is 0.803. The van der Waals surface area contributed by atoms with Crippen LogP contribution < -0.4 is 4.72 Å². The summed E-state index contributed by atoms with van der Waals surface area (Å²) in [7, 11) is -3.79. The van der Waals surface area contributed by atoms with Crippen molar-refractivity contribution >= 4 is 27.3 Å². The van der Waals surface area contributed by atoms with Crippen molar-refractivity contribution in [3.8, 4) is 0 Å². The standard InChI is InChI=1S/C10H15N3O4S2/c14-9(15)8-10(18-7-11-8)19(16,17)12-3-6-13-4-1-2-5-13/h7,12H,1-6H2,(H,14,15). The maximum atomic E-state index is 12.0. The molecule has 0 bridgehead atoms. The molecule has 9 heteroatoms. The molecule has 0 unspecified atom stereocenters. The van der Waals surface area contributed by atoms with Crippen molar-refractivity contribution in [3.05, 3.63) is 11.2 Å².